The van der Waals surface area contributed by atoms with Gasteiger partial charge in [0.05, 0.1) is 25.1 Å². The van der Waals surface area contributed by atoms with Crippen LogP contribution in [0.3, 0.4) is 0 Å². The Morgan fingerprint density at radius 2 is 1.97 bits per heavy atom. The highest BCUT2D eigenvalue weighted by Gasteiger charge is 2.52. The second kappa shape index (κ2) is 12.2. The molecule has 2 N–H and O–H groups in total. The van der Waals surface area contributed by atoms with Crippen LogP contribution < -0.4 is 20.1 Å². The Morgan fingerprint density at radius 3 is 2.51 bits per heavy atom. The summed E-state index contributed by atoms with van der Waals surface area (Å²) in [6, 6.07) is 6.32. The van der Waals surface area contributed by atoms with Crippen molar-refractivity contribution in [1.29, 1.82) is 0 Å². The van der Waals surface area contributed by atoms with E-state index in [1.54, 1.807) is 19.2 Å². The first kappa shape index (κ1) is 29.3. The third-order valence-corrected chi connectivity index (χ3v) is 7.09. The number of aromatic nitrogens is 1. The number of epoxide rings is 1. The van der Waals surface area contributed by atoms with Crippen LogP contribution in [0, 0.1) is 0 Å². The number of nitrogens with zero attached hydrogens (tertiary/aromatic N) is 1. The number of pyridine rings is 1. The SMILES string of the molecule is CNC1([C@H](N[C@@H](CCc2ccc(C(F)(F)F)nc2)c2ccc(OC(F)F)c(OC)c2)C2=CCC(Cl)C=C2)CO1. The molecule has 1 saturated heterocycles. The molecule has 1 aliphatic carbocycles. The molecule has 1 aromatic heterocycles. The molecule has 2 aliphatic rings. The van der Waals surface area contributed by atoms with Gasteiger partial charge in [-0.25, -0.2) is 0 Å². The van der Waals surface area contributed by atoms with Gasteiger partial charge in [-0.2, -0.15) is 22.0 Å². The molecule has 0 amide bonds. The van der Waals surface area contributed by atoms with E-state index in [1.807, 2.05) is 18.2 Å². The van der Waals surface area contributed by atoms with Crippen molar-refractivity contribution >= 4 is 11.6 Å². The van der Waals surface area contributed by atoms with Gasteiger partial charge in [-0.15, -0.1) is 11.6 Å². The summed E-state index contributed by atoms with van der Waals surface area (Å²) in [6.07, 6.45) is 4.03. The number of likely N-dealkylation sites (N-methyl/N-ethyl adjacent to an activating group) is 1. The standard InChI is InChI=1S/C27H29ClF5N3O3/c1-34-26(15-38-26)24(17-5-8-19(28)9-6-17)36-20(10-3-16-4-12-23(35-14-16)27(31,32)33)18-7-11-21(39-25(29)30)22(13-18)37-2/h4-8,11-14,19-20,24-25,34,36H,3,9-10,15H2,1-2H3/t19?,20-,24+,26?/m0/s1. The van der Waals surface area contributed by atoms with Gasteiger partial charge in [0, 0.05) is 12.2 Å². The van der Waals surface area contributed by atoms with Gasteiger partial charge in [0.2, 0.25) is 0 Å². The maximum absolute atomic E-state index is 13.0. The Balaban J connectivity index is 1.64. The smallest absolute Gasteiger partial charge is 0.433 e. The first-order chi connectivity index (χ1) is 18.5. The van der Waals surface area contributed by atoms with Gasteiger partial charge in [0.25, 0.3) is 0 Å². The normalized spacial score (nSPS) is 22.4. The van der Waals surface area contributed by atoms with Crippen LogP contribution in [-0.4, -0.2) is 49.5 Å². The summed E-state index contributed by atoms with van der Waals surface area (Å²) in [4.78, 5) is 3.56. The maximum Gasteiger partial charge on any atom is 0.433 e. The number of halogens is 6. The van der Waals surface area contributed by atoms with E-state index in [4.69, 9.17) is 21.1 Å². The fourth-order valence-electron chi connectivity index (χ4n) is 4.55. The highest BCUT2D eigenvalue weighted by molar-refractivity contribution is 6.22. The monoisotopic (exact) mass is 573 g/mol. The summed E-state index contributed by atoms with van der Waals surface area (Å²) in [7, 11) is 3.15. The lowest BCUT2D eigenvalue weighted by Crippen LogP contribution is -2.52. The van der Waals surface area contributed by atoms with Crippen molar-refractivity contribution in [1.82, 2.24) is 15.6 Å². The van der Waals surface area contributed by atoms with Crippen LogP contribution in [0.4, 0.5) is 22.0 Å². The second-order valence-electron chi connectivity index (χ2n) is 9.27. The Labute approximate surface area is 228 Å². The van der Waals surface area contributed by atoms with Gasteiger partial charge in [0.1, 0.15) is 5.69 Å². The molecule has 1 fully saturated rings. The van der Waals surface area contributed by atoms with Crippen LogP contribution in [0.5, 0.6) is 11.5 Å². The summed E-state index contributed by atoms with van der Waals surface area (Å²) >= 11 is 6.24. The van der Waals surface area contributed by atoms with Crippen LogP contribution in [-0.2, 0) is 17.3 Å². The molecule has 12 heteroatoms. The van der Waals surface area contributed by atoms with E-state index in [0.29, 0.717) is 37.0 Å². The number of rotatable bonds is 12. The minimum absolute atomic E-state index is 0.109. The first-order valence-corrected chi connectivity index (χ1v) is 12.7. The molecule has 212 valence electrons. The minimum Gasteiger partial charge on any atom is -0.493 e. The summed E-state index contributed by atoms with van der Waals surface area (Å²) in [5, 5.41) is 6.74. The number of allylic oxidation sites excluding steroid dienone is 2. The molecular formula is C27H29ClF5N3O3. The lowest BCUT2D eigenvalue weighted by Gasteiger charge is -2.32. The average Bonchev–Trinajstić information content (AvgIpc) is 3.70. The van der Waals surface area contributed by atoms with E-state index in [9.17, 15) is 22.0 Å². The Kier molecular flexibility index (Phi) is 9.15. The molecule has 1 aromatic carbocycles. The molecule has 4 rings (SSSR count). The first-order valence-electron chi connectivity index (χ1n) is 12.3. The van der Waals surface area contributed by atoms with Crippen molar-refractivity contribution in [3.8, 4) is 11.5 Å². The van der Waals surface area contributed by atoms with Crippen LogP contribution in [0.2, 0.25) is 0 Å². The van der Waals surface area contributed by atoms with Crippen molar-refractivity contribution in [2.75, 3.05) is 20.8 Å². The van der Waals surface area contributed by atoms with Gasteiger partial charge >= 0.3 is 12.8 Å². The quantitative estimate of drug-likeness (QED) is 0.191. The predicted molar refractivity (Wildman–Crippen MR) is 136 cm³/mol. The van der Waals surface area contributed by atoms with Crippen molar-refractivity contribution in [3.63, 3.8) is 0 Å². The number of hydrogen-bond donors (Lipinski definition) is 2. The number of nitrogens with one attached hydrogen (secondary N) is 2. The maximum atomic E-state index is 13.0. The van der Waals surface area contributed by atoms with Crippen molar-refractivity contribution in [2.45, 2.75) is 55.2 Å². The molecule has 0 spiro atoms. The highest BCUT2D eigenvalue weighted by Crippen LogP contribution is 2.38. The summed E-state index contributed by atoms with van der Waals surface area (Å²) < 4.78 is 80.3. The summed E-state index contributed by atoms with van der Waals surface area (Å²) in [6.45, 7) is -2.56. The van der Waals surface area contributed by atoms with Gasteiger partial charge < -0.3 is 14.2 Å². The van der Waals surface area contributed by atoms with Crippen LogP contribution in [0.1, 0.15) is 35.7 Å². The number of aryl methyl sites for hydroxylation is 1. The van der Waals surface area contributed by atoms with Crippen molar-refractivity contribution in [3.05, 3.63) is 77.2 Å². The highest BCUT2D eigenvalue weighted by atomic mass is 35.5. The molecule has 4 atom stereocenters. The molecule has 0 bridgehead atoms. The summed E-state index contributed by atoms with van der Waals surface area (Å²) in [5.41, 5.74) is 0.650. The topological polar surface area (TPSA) is 67.9 Å². The molecule has 2 heterocycles. The average molecular weight is 574 g/mol. The molecule has 2 aromatic rings. The third-order valence-electron chi connectivity index (χ3n) is 6.77. The molecular weight excluding hydrogens is 545 g/mol. The van der Waals surface area contributed by atoms with Crippen LogP contribution in [0.15, 0.2) is 60.3 Å². The Bertz CT molecular complexity index is 1190. The van der Waals surface area contributed by atoms with Crippen molar-refractivity contribution < 1.29 is 36.2 Å². The van der Waals surface area contributed by atoms with E-state index in [-0.39, 0.29) is 29.0 Å². The van der Waals surface area contributed by atoms with Gasteiger partial charge in [-0.3, -0.25) is 15.6 Å². The minimum atomic E-state index is -4.52. The predicted octanol–water partition coefficient (Wildman–Crippen LogP) is 5.78. The zero-order valence-electron chi connectivity index (χ0n) is 21.3. The zero-order chi connectivity index (χ0) is 28.2. The zero-order valence-corrected chi connectivity index (χ0v) is 22.0. The number of ether oxygens (including phenoxy) is 3. The van der Waals surface area contributed by atoms with E-state index in [0.717, 1.165) is 11.6 Å². The fraction of sp³-hybridized carbons (Fsp3) is 0.444. The molecule has 2 unspecified atom stereocenters. The Morgan fingerprint density at radius 1 is 1.21 bits per heavy atom. The van der Waals surface area contributed by atoms with Crippen LogP contribution >= 0.6 is 11.6 Å². The van der Waals surface area contributed by atoms with E-state index in [2.05, 4.69) is 20.4 Å². The van der Waals surface area contributed by atoms with Gasteiger partial charge in [-0.1, -0.05) is 30.4 Å². The van der Waals surface area contributed by atoms with Crippen LogP contribution in [0.25, 0.3) is 0 Å². The van der Waals surface area contributed by atoms with Gasteiger partial charge in [0.15, 0.2) is 17.2 Å². The number of benzene rings is 1. The van der Waals surface area contributed by atoms with E-state index in [1.165, 1.54) is 25.4 Å². The molecule has 0 radical (unpaired) electrons. The Hall–Kier alpha value is -2.73. The lowest BCUT2D eigenvalue weighted by atomic mass is 9.91. The van der Waals surface area contributed by atoms with Crippen molar-refractivity contribution in [2.24, 2.45) is 0 Å². The number of hydrogen-bond acceptors (Lipinski definition) is 6. The lowest BCUT2D eigenvalue weighted by molar-refractivity contribution is -0.141. The molecule has 39 heavy (non-hydrogen) atoms. The largest absolute Gasteiger partial charge is 0.493 e. The number of alkyl halides is 6. The number of methoxy groups -OCH3 is 1. The third kappa shape index (κ3) is 7.27. The summed E-state index contributed by atoms with van der Waals surface area (Å²) in [5.74, 6) is 0.0156. The molecule has 1 aliphatic heterocycles. The molecule has 6 nitrogen and oxygen atoms in total. The van der Waals surface area contributed by atoms with Gasteiger partial charge in [-0.05, 0) is 61.2 Å². The van der Waals surface area contributed by atoms with E-state index < -0.39 is 24.2 Å². The van der Waals surface area contributed by atoms with E-state index >= 15 is 0 Å². The second-order valence-corrected chi connectivity index (χ2v) is 9.83. The molecule has 0 saturated carbocycles. The fourth-order valence-corrected chi connectivity index (χ4v) is 4.71.